The third-order valence-corrected chi connectivity index (χ3v) is 5.20. The van der Waals surface area contributed by atoms with Gasteiger partial charge in [0.15, 0.2) is 5.13 Å². The summed E-state index contributed by atoms with van der Waals surface area (Å²) in [5, 5.41) is 12.8. The zero-order valence-electron chi connectivity index (χ0n) is 11.8. The highest BCUT2D eigenvalue weighted by molar-refractivity contribution is 7.15. The maximum Gasteiger partial charge on any atom is 0.186 e. The number of hydrogen-bond donors (Lipinski definition) is 1. The van der Waals surface area contributed by atoms with Crippen molar-refractivity contribution in [3.8, 4) is 0 Å². The summed E-state index contributed by atoms with van der Waals surface area (Å²) in [5.41, 5.74) is 0.937. The van der Waals surface area contributed by atoms with Crippen LogP contribution in [0.15, 0.2) is 17.5 Å². The van der Waals surface area contributed by atoms with E-state index in [9.17, 15) is 5.11 Å². The minimum Gasteiger partial charge on any atom is -0.388 e. The summed E-state index contributed by atoms with van der Waals surface area (Å²) < 4.78 is 0. The highest BCUT2D eigenvalue weighted by Crippen LogP contribution is 2.32. The van der Waals surface area contributed by atoms with E-state index in [2.05, 4.69) is 41.2 Å². The third-order valence-electron chi connectivity index (χ3n) is 2.98. The maximum absolute atomic E-state index is 9.75. The average molecular weight is 296 g/mol. The van der Waals surface area contributed by atoms with Gasteiger partial charge in [-0.05, 0) is 39.1 Å². The monoisotopic (exact) mass is 296 g/mol. The minimum absolute atomic E-state index is 0.384. The van der Waals surface area contributed by atoms with Crippen LogP contribution in [0.1, 0.15) is 42.3 Å². The quantitative estimate of drug-likeness (QED) is 0.906. The second kappa shape index (κ2) is 6.03. The molecule has 0 spiro atoms. The molecule has 2 aromatic rings. The van der Waals surface area contributed by atoms with Crippen LogP contribution >= 0.6 is 22.7 Å². The summed E-state index contributed by atoms with van der Waals surface area (Å²) in [6, 6.07) is 4.61. The number of nitrogens with zero attached hydrogens (tertiary/aromatic N) is 2. The van der Waals surface area contributed by atoms with E-state index in [4.69, 9.17) is 0 Å². The molecule has 0 saturated carbocycles. The number of hydrogen-bond acceptors (Lipinski definition) is 5. The Bertz CT molecular complexity index is 518. The number of thiophene rings is 1. The van der Waals surface area contributed by atoms with E-state index in [1.165, 1.54) is 4.88 Å². The van der Waals surface area contributed by atoms with Gasteiger partial charge in [-0.15, -0.1) is 11.3 Å². The summed E-state index contributed by atoms with van der Waals surface area (Å²) >= 11 is 3.36. The fourth-order valence-corrected chi connectivity index (χ4v) is 3.78. The molecule has 1 unspecified atom stereocenters. The Hall–Kier alpha value is -0.910. The number of aromatic nitrogens is 1. The molecule has 0 aromatic carbocycles. The fraction of sp³-hybridized carbons (Fsp3) is 0.500. The number of aryl methyl sites for hydroxylation is 1. The number of aliphatic hydroxyl groups is 1. The highest BCUT2D eigenvalue weighted by Gasteiger charge is 2.19. The van der Waals surface area contributed by atoms with Gasteiger partial charge in [0.05, 0.1) is 23.2 Å². The number of thiazole rings is 1. The van der Waals surface area contributed by atoms with Gasteiger partial charge in [-0.2, -0.15) is 0 Å². The molecule has 2 rings (SSSR count). The van der Waals surface area contributed by atoms with Crippen LogP contribution in [0.4, 0.5) is 5.13 Å². The van der Waals surface area contributed by atoms with Crippen LogP contribution in [-0.4, -0.2) is 16.1 Å². The van der Waals surface area contributed by atoms with Crippen molar-refractivity contribution in [2.45, 2.75) is 46.4 Å². The Morgan fingerprint density at radius 2 is 2.11 bits per heavy atom. The first-order valence-corrected chi connectivity index (χ1v) is 8.13. The van der Waals surface area contributed by atoms with Crippen molar-refractivity contribution >= 4 is 27.8 Å². The highest BCUT2D eigenvalue weighted by atomic mass is 32.1. The molecule has 3 nitrogen and oxygen atoms in total. The van der Waals surface area contributed by atoms with Crippen molar-refractivity contribution in [1.29, 1.82) is 0 Å². The van der Waals surface area contributed by atoms with E-state index in [1.54, 1.807) is 29.6 Å². The standard InChI is InChI=1S/C14H20N2OS2/c1-9(2)16(8-12-6-5-7-18-12)14-15-10(3)13(19-14)11(4)17/h5-7,9,11,17H,8H2,1-4H3. The van der Waals surface area contributed by atoms with Gasteiger partial charge >= 0.3 is 0 Å². The fourth-order valence-electron chi connectivity index (χ4n) is 1.95. The van der Waals surface area contributed by atoms with Gasteiger partial charge < -0.3 is 10.0 Å². The Labute approximate surface area is 122 Å². The Morgan fingerprint density at radius 3 is 2.58 bits per heavy atom. The topological polar surface area (TPSA) is 36.4 Å². The van der Waals surface area contributed by atoms with Crippen LogP contribution in [0.25, 0.3) is 0 Å². The summed E-state index contributed by atoms with van der Waals surface area (Å²) in [7, 11) is 0. The molecule has 1 atom stereocenters. The zero-order valence-corrected chi connectivity index (χ0v) is 13.4. The summed E-state index contributed by atoms with van der Waals surface area (Å²) in [6.45, 7) is 8.98. The van der Waals surface area contributed by atoms with Crippen LogP contribution in [0, 0.1) is 6.92 Å². The smallest absolute Gasteiger partial charge is 0.186 e. The zero-order chi connectivity index (χ0) is 14.0. The molecule has 0 amide bonds. The Kier molecular flexibility index (Phi) is 4.60. The molecule has 0 saturated heterocycles. The molecule has 2 aromatic heterocycles. The van der Waals surface area contributed by atoms with E-state index >= 15 is 0 Å². The van der Waals surface area contributed by atoms with E-state index in [-0.39, 0.29) is 0 Å². The largest absolute Gasteiger partial charge is 0.388 e. The first-order chi connectivity index (χ1) is 8.99. The van der Waals surface area contributed by atoms with Gasteiger partial charge in [-0.25, -0.2) is 4.98 Å². The minimum atomic E-state index is -0.443. The van der Waals surface area contributed by atoms with Crippen molar-refractivity contribution in [3.63, 3.8) is 0 Å². The molecule has 104 valence electrons. The second-order valence-electron chi connectivity index (χ2n) is 4.92. The molecule has 0 aliphatic heterocycles. The molecular formula is C14H20N2OS2. The van der Waals surface area contributed by atoms with Crippen LogP contribution in [0.3, 0.4) is 0 Å². The molecule has 2 heterocycles. The van der Waals surface area contributed by atoms with Crippen molar-refractivity contribution < 1.29 is 5.11 Å². The summed E-state index contributed by atoms with van der Waals surface area (Å²) in [4.78, 5) is 9.21. The van der Waals surface area contributed by atoms with Gasteiger partial charge in [0.2, 0.25) is 0 Å². The van der Waals surface area contributed by atoms with Crippen LogP contribution in [-0.2, 0) is 6.54 Å². The van der Waals surface area contributed by atoms with Gasteiger partial charge in [-0.1, -0.05) is 17.4 Å². The molecule has 1 N–H and O–H groups in total. The van der Waals surface area contributed by atoms with Crippen molar-refractivity contribution in [2.75, 3.05) is 4.90 Å². The molecule has 0 aliphatic rings. The maximum atomic E-state index is 9.75. The van der Waals surface area contributed by atoms with Crippen molar-refractivity contribution in [1.82, 2.24) is 4.98 Å². The van der Waals surface area contributed by atoms with E-state index in [0.717, 1.165) is 22.2 Å². The molecule has 0 aliphatic carbocycles. The summed E-state index contributed by atoms with van der Waals surface area (Å²) in [5.74, 6) is 0. The summed E-state index contributed by atoms with van der Waals surface area (Å²) in [6.07, 6.45) is -0.443. The molecule has 19 heavy (non-hydrogen) atoms. The number of rotatable bonds is 5. The third kappa shape index (κ3) is 3.35. The predicted molar refractivity (Wildman–Crippen MR) is 83.1 cm³/mol. The van der Waals surface area contributed by atoms with E-state index in [0.29, 0.717) is 6.04 Å². The SMILES string of the molecule is Cc1nc(N(Cc2cccs2)C(C)C)sc1C(C)O. The van der Waals surface area contributed by atoms with Gasteiger partial charge in [-0.3, -0.25) is 0 Å². The van der Waals surface area contributed by atoms with Gasteiger partial charge in [0.1, 0.15) is 0 Å². The number of anilines is 1. The Balaban J connectivity index is 2.26. The normalized spacial score (nSPS) is 12.9. The first kappa shape index (κ1) is 14.5. The van der Waals surface area contributed by atoms with Crippen LogP contribution in [0.2, 0.25) is 0 Å². The Morgan fingerprint density at radius 1 is 1.37 bits per heavy atom. The number of aliphatic hydroxyl groups excluding tert-OH is 1. The predicted octanol–water partition coefficient (Wildman–Crippen LogP) is 3.98. The lowest BCUT2D eigenvalue weighted by Crippen LogP contribution is -2.29. The first-order valence-electron chi connectivity index (χ1n) is 6.43. The van der Waals surface area contributed by atoms with Crippen molar-refractivity contribution in [2.24, 2.45) is 0 Å². The molecular weight excluding hydrogens is 276 g/mol. The molecule has 0 bridgehead atoms. The van der Waals surface area contributed by atoms with Crippen molar-refractivity contribution in [3.05, 3.63) is 33.0 Å². The lowest BCUT2D eigenvalue weighted by molar-refractivity contribution is 0.202. The van der Waals surface area contributed by atoms with Gasteiger partial charge in [0.25, 0.3) is 0 Å². The molecule has 0 fully saturated rings. The van der Waals surface area contributed by atoms with E-state index < -0.39 is 6.10 Å². The molecule has 0 radical (unpaired) electrons. The van der Waals surface area contributed by atoms with Crippen LogP contribution in [0.5, 0.6) is 0 Å². The molecule has 5 heteroatoms. The van der Waals surface area contributed by atoms with Gasteiger partial charge in [0, 0.05) is 10.9 Å². The lowest BCUT2D eigenvalue weighted by Gasteiger charge is -2.25. The second-order valence-corrected chi connectivity index (χ2v) is 6.96. The van der Waals surface area contributed by atoms with E-state index in [1.807, 2.05) is 6.92 Å². The average Bonchev–Trinajstić information content (AvgIpc) is 2.94. The van der Waals surface area contributed by atoms with Crippen LogP contribution < -0.4 is 4.90 Å². The lowest BCUT2D eigenvalue weighted by atomic mass is 10.3.